The monoisotopic (exact) mass is 167 g/mol. The number of urea groups is 1. The molecule has 0 bridgehead atoms. The first kappa shape index (κ1) is 8.64. The summed E-state index contributed by atoms with van der Waals surface area (Å²) in [4.78, 5) is 12.8. The summed E-state index contributed by atoms with van der Waals surface area (Å²) in [6, 6.07) is 3.60. The lowest BCUT2D eigenvalue weighted by molar-refractivity contribution is 0.221. The second-order valence-corrected chi connectivity index (χ2v) is 2.52. The molecule has 0 aliphatic carbocycles. The molecule has 0 atom stereocenters. The number of rotatable bonds is 2. The fraction of sp³-hybridized carbons (Fsp3) is 0.375. The van der Waals surface area contributed by atoms with Crippen LogP contribution in [-0.4, -0.2) is 29.2 Å². The lowest BCUT2D eigenvalue weighted by atomic mass is 10.6. The molecule has 66 valence electrons. The quantitative estimate of drug-likeness (QED) is 0.703. The Hall–Kier alpha value is -1.45. The summed E-state index contributed by atoms with van der Waals surface area (Å²) in [7, 11) is 1.75. The third kappa shape index (κ3) is 2.02. The SMILES string of the molecule is CCN(C)C(=O)Nn1cccc1. The molecule has 0 fully saturated rings. The van der Waals surface area contributed by atoms with Crippen molar-refractivity contribution in [3.05, 3.63) is 24.5 Å². The van der Waals surface area contributed by atoms with Gasteiger partial charge in [0.05, 0.1) is 0 Å². The van der Waals surface area contributed by atoms with Crippen LogP contribution in [-0.2, 0) is 0 Å². The second kappa shape index (κ2) is 3.80. The molecule has 1 heterocycles. The number of nitrogens with zero attached hydrogens (tertiary/aromatic N) is 2. The van der Waals surface area contributed by atoms with Gasteiger partial charge in [-0.1, -0.05) is 0 Å². The normalized spacial score (nSPS) is 9.50. The smallest absolute Gasteiger partial charge is 0.327 e. The minimum absolute atomic E-state index is 0.103. The molecule has 12 heavy (non-hydrogen) atoms. The van der Waals surface area contributed by atoms with Gasteiger partial charge in [-0.15, -0.1) is 0 Å². The van der Waals surface area contributed by atoms with E-state index in [0.717, 1.165) is 0 Å². The van der Waals surface area contributed by atoms with Gasteiger partial charge in [0.1, 0.15) is 0 Å². The van der Waals surface area contributed by atoms with E-state index < -0.39 is 0 Å². The number of aromatic nitrogens is 1. The van der Waals surface area contributed by atoms with Crippen LogP contribution in [0.5, 0.6) is 0 Å². The Morgan fingerprint density at radius 1 is 1.50 bits per heavy atom. The van der Waals surface area contributed by atoms with E-state index >= 15 is 0 Å². The molecule has 0 spiro atoms. The van der Waals surface area contributed by atoms with Gasteiger partial charge < -0.3 is 4.90 Å². The van der Waals surface area contributed by atoms with Gasteiger partial charge in [0.15, 0.2) is 0 Å². The van der Waals surface area contributed by atoms with Crippen molar-refractivity contribution in [1.82, 2.24) is 9.58 Å². The molecule has 0 saturated carbocycles. The first-order valence-corrected chi connectivity index (χ1v) is 3.89. The van der Waals surface area contributed by atoms with Gasteiger partial charge in [0.2, 0.25) is 0 Å². The summed E-state index contributed by atoms with van der Waals surface area (Å²) in [5.41, 5.74) is 2.68. The van der Waals surface area contributed by atoms with Gasteiger partial charge in [0.25, 0.3) is 0 Å². The van der Waals surface area contributed by atoms with Gasteiger partial charge in [-0.2, -0.15) is 0 Å². The van der Waals surface area contributed by atoms with Gasteiger partial charge >= 0.3 is 6.03 Å². The van der Waals surface area contributed by atoms with E-state index in [1.807, 2.05) is 19.1 Å². The number of hydrogen-bond acceptors (Lipinski definition) is 1. The fourth-order valence-electron chi connectivity index (χ4n) is 0.748. The molecule has 1 aromatic heterocycles. The summed E-state index contributed by atoms with van der Waals surface area (Å²) < 4.78 is 1.62. The number of carbonyl (C=O) groups excluding carboxylic acids is 1. The number of amides is 2. The van der Waals surface area contributed by atoms with Crippen LogP contribution in [0.1, 0.15) is 6.92 Å². The molecule has 1 rings (SSSR count). The molecule has 0 unspecified atom stereocenters. The van der Waals surface area contributed by atoms with Crippen molar-refractivity contribution < 1.29 is 4.79 Å². The molecule has 0 aromatic carbocycles. The van der Waals surface area contributed by atoms with Crippen LogP contribution in [0.3, 0.4) is 0 Å². The van der Waals surface area contributed by atoms with Crippen molar-refractivity contribution in [2.75, 3.05) is 19.0 Å². The third-order valence-corrected chi connectivity index (χ3v) is 1.65. The Kier molecular flexibility index (Phi) is 2.74. The predicted molar refractivity (Wildman–Crippen MR) is 47.5 cm³/mol. The molecule has 1 N–H and O–H groups in total. The number of nitrogens with one attached hydrogen (secondary N) is 1. The minimum Gasteiger partial charge on any atom is -0.327 e. The minimum atomic E-state index is -0.103. The predicted octanol–water partition coefficient (Wildman–Crippen LogP) is 1.10. The van der Waals surface area contributed by atoms with Crippen molar-refractivity contribution in [3.63, 3.8) is 0 Å². The van der Waals surface area contributed by atoms with Crippen molar-refractivity contribution >= 4 is 6.03 Å². The van der Waals surface area contributed by atoms with Crippen LogP contribution < -0.4 is 5.43 Å². The Morgan fingerprint density at radius 3 is 2.58 bits per heavy atom. The van der Waals surface area contributed by atoms with Crippen LogP contribution in [0.25, 0.3) is 0 Å². The maximum Gasteiger partial charge on any atom is 0.336 e. The first-order chi connectivity index (χ1) is 5.74. The van der Waals surface area contributed by atoms with Crippen molar-refractivity contribution in [2.24, 2.45) is 0 Å². The van der Waals surface area contributed by atoms with E-state index in [-0.39, 0.29) is 6.03 Å². The van der Waals surface area contributed by atoms with Gasteiger partial charge in [0, 0.05) is 26.0 Å². The zero-order valence-electron chi connectivity index (χ0n) is 7.32. The van der Waals surface area contributed by atoms with E-state index in [0.29, 0.717) is 6.54 Å². The fourth-order valence-corrected chi connectivity index (χ4v) is 0.748. The molecule has 1 aromatic rings. The van der Waals surface area contributed by atoms with Crippen LogP contribution in [0.2, 0.25) is 0 Å². The molecule has 0 aliphatic heterocycles. The van der Waals surface area contributed by atoms with Gasteiger partial charge in [-0.25, -0.2) is 10.2 Å². The zero-order valence-corrected chi connectivity index (χ0v) is 7.32. The highest BCUT2D eigenvalue weighted by molar-refractivity contribution is 5.81. The van der Waals surface area contributed by atoms with E-state index in [9.17, 15) is 4.79 Å². The summed E-state index contributed by atoms with van der Waals surface area (Å²) in [5.74, 6) is 0. The summed E-state index contributed by atoms with van der Waals surface area (Å²) >= 11 is 0. The molecule has 0 saturated heterocycles. The Labute approximate surface area is 71.8 Å². The molecule has 2 amide bonds. The molecule has 4 nitrogen and oxygen atoms in total. The van der Waals surface area contributed by atoms with E-state index in [4.69, 9.17) is 0 Å². The molecular formula is C8H13N3O. The third-order valence-electron chi connectivity index (χ3n) is 1.65. The highest BCUT2D eigenvalue weighted by atomic mass is 16.2. The first-order valence-electron chi connectivity index (χ1n) is 3.89. The van der Waals surface area contributed by atoms with Crippen LogP contribution in [0, 0.1) is 0 Å². The highest BCUT2D eigenvalue weighted by Gasteiger charge is 2.03. The van der Waals surface area contributed by atoms with Crippen molar-refractivity contribution in [3.8, 4) is 0 Å². The standard InChI is InChI=1S/C8H13N3O/c1-3-10(2)8(12)9-11-6-4-5-7-11/h4-7H,3H2,1-2H3,(H,9,12). The zero-order chi connectivity index (χ0) is 8.97. The molecule has 4 heteroatoms. The van der Waals surface area contributed by atoms with Crippen LogP contribution in [0.4, 0.5) is 4.79 Å². The molecular weight excluding hydrogens is 154 g/mol. The van der Waals surface area contributed by atoms with Crippen molar-refractivity contribution in [1.29, 1.82) is 0 Å². The maximum absolute atomic E-state index is 11.2. The van der Waals surface area contributed by atoms with E-state index in [2.05, 4.69) is 5.43 Å². The van der Waals surface area contributed by atoms with Gasteiger partial charge in [-0.3, -0.25) is 4.68 Å². The van der Waals surface area contributed by atoms with Gasteiger partial charge in [-0.05, 0) is 19.1 Å². The summed E-state index contributed by atoms with van der Waals surface area (Å²) in [5, 5.41) is 0. The number of carbonyl (C=O) groups is 1. The topological polar surface area (TPSA) is 37.3 Å². The summed E-state index contributed by atoms with van der Waals surface area (Å²) in [6.45, 7) is 2.63. The maximum atomic E-state index is 11.2. The number of hydrogen-bond donors (Lipinski definition) is 1. The van der Waals surface area contributed by atoms with E-state index in [1.165, 1.54) is 0 Å². The molecule has 0 radical (unpaired) electrons. The lowest BCUT2D eigenvalue weighted by Crippen LogP contribution is -2.35. The highest BCUT2D eigenvalue weighted by Crippen LogP contribution is 1.88. The lowest BCUT2D eigenvalue weighted by Gasteiger charge is -2.15. The molecule has 0 aliphatic rings. The summed E-state index contributed by atoms with van der Waals surface area (Å²) in [6.07, 6.45) is 3.56. The Balaban J connectivity index is 2.47. The Bertz CT molecular complexity index is 243. The largest absolute Gasteiger partial charge is 0.336 e. The van der Waals surface area contributed by atoms with E-state index in [1.54, 1.807) is 29.0 Å². The average Bonchev–Trinajstić information content (AvgIpc) is 2.55. The Morgan fingerprint density at radius 2 is 2.08 bits per heavy atom. The van der Waals surface area contributed by atoms with Crippen molar-refractivity contribution in [2.45, 2.75) is 6.92 Å². The van der Waals surface area contributed by atoms with Crippen LogP contribution >= 0.6 is 0 Å². The second-order valence-electron chi connectivity index (χ2n) is 2.52. The average molecular weight is 167 g/mol. The van der Waals surface area contributed by atoms with Crippen LogP contribution in [0.15, 0.2) is 24.5 Å².